The van der Waals surface area contributed by atoms with Crippen molar-refractivity contribution in [2.45, 2.75) is 45.6 Å². The van der Waals surface area contributed by atoms with Crippen molar-refractivity contribution in [3.63, 3.8) is 0 Å². The average molecular weight is 301 g/mol. The Morgan fingerprint density at radius 2 is 1.95 bits per heavy atom. The maximum atomic E-state index is 5.30. The normalized spacial score (nSPS) is 13.1. The highest BCUT2D eigenvalue weighted by Crippen LogP contribution is 2.26. The zero-order chi connectivity index (χ0) is 14.0. The van der Waals surface area contributed by atoms with Crippen molar-refractivity contribution in [2.75, 3.05) is 7.05 Å². The highest BCUT2D eigenvalue weighted by Gasteiger charge is 2.22. The minimum atomic E-state index is -0.0885. The van der Waals surface area contributed by atoms with Crippen LogP contribution in [0.2, 0.25) is 0 Å². The molecule has 2 rings (SSSR count). The number of nitrogens with zero attached hydrogens (tertiary/aromatic N) is 3. The summed E-state index contributed by atoms with van der Waals surface area (Å²) in [5, 5.41) is 11.1. The Morgan fingerprint density at radius 3 is 2.50 bits per heavy atom. The largest absolute Gasteiger partial charge is 0.360 e. The van der Waals surface area contributed by atoms with Crippen LogP contribution in [-0.2, 0) is 11.8 Å². The van der Waals surface area contributed by atoms with Gasteiger partial charge in [-0.25, -0.2) is 0 Å². The summed E-state index contributed by atoms with van der Waals surface area (Å²) in [5.74, 6) is 1.86. The smallest absolute Gasteiger partial charge is 0.280 e. The number of rotatable bonds is 4. The zero-order valence-electron chi connectivity index (χ0n) is 12.4. The lowest BCUT2D eigenvalue weighted by Gasteiger charge is -2.11. The molecule has 1 atom stereocenters. The molecule has 0 saturated carbocycles. The molecule has 0 aliphatic carbocycles. The van der Waals surface area contributed by atoms with E-state index < -0.39 is 0 Å². The number of hydrogen-bond acceptors (Lipinski definition) is 6. The van der Waals surface area contributed by atoms with Crippen LogP contribution in [-0.4, -0.2) is 28.4 Å². The second-order valence-corrected chi connectivity index (χ2v) is 5.74. The lowest BCUT2D eigenvalue weighted by atomic mass is 9.93. The highest BCUT2D eigenvalue weighted by molar-refractivity contribution is 5.85. The molecular formula is C13H21ClN4O2. The summed E-state index contributed by atoms with van der Waals surface area (Å²) >= 11 is 0. The fourth-order valence-corrected chi connectivity index (χ4v) is 1.55. The predicted molar refractivity (Wildman–Crippen MR) is 78.0 cm³/mol. The molecule has 1 N–H and O–H groups in total. The Labute approximate surface area is 124 Å². The zero-order valence-corrected chi connectivity index (χ0v) is 13.2. The Kier molecular flexibility index (Phi) is 5.30. The number of aromatic nitrogens is 3. The van der Waals surface area contributed by atoms with Gasteiger partial charge in [-0.05, 0) is 14.0 Å². The fourth-order valence-electron chi connectivity index (χ4n) is 1.55. The minimum Gasteiger partial charge on any atom is -0.360 e. The molecule has 2 heterocycles. The molecule has 0 aliphatic heterocycles. The van der Waals surface area contributed by atoms with Crippen molar-refractivity contribution in [1.29, 1.82) is 0 Å². The second-order valence-electron chi connectivity index (χ2n) is 5.74. The molecule has 1 unspecified atom stereocenters. The summed E-state index contributed by atoms with van der Waals surface area (Å²) in [6, 6.07) is 2.15. The molecule has 0 fully saturated rings. The molecule has 2 aromatic heterocycles. The molecule has 0 aliphatic rings. The van der Waals surface area contributed by atoms with Crippen molar-refractivity contribution in [1.82, 2.24) is 20.6 Å². The number of hydrogen-bond donors (Lipinski definition) is 1. The SMILES string of the molecule is CNC(C)Cc1noc(-c2cc(C(C)(C)C)on2)n1.Cl. The topological polar surface area (TPSA) is 77.0 Å². The lowest BCUT2D eigenvalue weighted by Crippen LogP contribution is -2.24. The molecule has 0 radical (unpaired) electrons. The molecular weight excluding hydrogens is 280 g/mol. The molecule has 0 aromatic carbocycles. The molecule has 0 saturated heterocycles. The van der Waals surface area contributed by atoms with Crippen LogP contribution in [0.25, 0.3) is 11.6 Å². The van der Waals surface area contributed by atoms with Gasteiger partial charge in [-0.2, -0.15) is 4.98 Å². The third-order valence-corrected chi connectivity index (χ3v) is 2.92. The van der Waals surface area contributed by atoms with Gasteiger partial charge in [0, 0.05) is 23.9 Å². The van der Waals surface area contributed by atoms with E-state index >= 15 is 0 Å². The Bertz CT molecular complexity index is 545. The lowest BCUT2D eigenvalue weighted by molar-refractivity contribution is 0.328. The summed E-state index contributed by atoms with van der Waals surface area (Å²) in [7, 11) is 1.90. The first-order valence-corrected chi connectivity index (χ1v) is 6.37. The molecule has 0 bridgehead atoms. The molecule has 6 nitrogen and oxygen atoms in total. The molecule has 0 spiro atoms. The van der Waals surface area contributed by atoms with Crippen molar-refractivity contribution in [3.8, 4) is 11.6 Å². The fraction of sp³-hybridized carbons (Fsp3) is 0.615. The van der Waals surface area contributed by atoms with Crippen molar-refractivity contribution in [2.24, 2.45) is 0 Å². The first kappa shape index (κ1) is 16.7. The van der Waals surface area contributed by atoms with Gasteiger partial charge in [0.2, 0.25) is 0 Å². The van der Waals surface area contributed by atoms with Gasteiger partial charge >= 0.3 is 0 Å². The summed E-state index contributed by atoms with van der Waals surface area (Å²) in [5.41, 5.74) is 0.496. The van der Waals surface area contributed by atoms with Crippen LogP contribution >= 0.6 is 12.4 Å². The first-order chi connectivity index (χ1) is 8.90. The number of nitrogens with one attached hydrogen (secondary N) is 1. The maximum Gasteiger partial charge on any atom is 0.280 e. The van der Waals surface area contributed by atoms with Gasteiger partial charge in [-0.3, -0.25) is 0 Å². The van der Waals surface area contributed by atoms with Crippen LogP contribution in [0.15, 0.2) is 15.1 Å². The summed E-state index contributed by atoms with van der Waals surface area (Å²) in [6.45, 7) is 8.24. The van der Waals surface area contributed by atoms with Crippen LogP contribution in [0.4, 0.5) is 0 Å². The van der Waals surface area contributed by atoms with Crippen LogP contribution in [0, 0.1) is 0 Å². The van der Waals surface area contributed by atoms with Gasteiger partial charge in [0.1, 0.15) is 5.76 Å². The summed E-state index contributed by atoms with van der Waals surface area (Å²) in [4.78, 5) is 4.32. The molecule has 112 valence electrons. The molecule has 0 amide bonds. The number of likely N-dealkylation sites (N-methyl/N-ethyl adjacent to an activating group) is 1. The van der Waals surface area contributed by atoms with Gasteiger partial charge < -0.3 is 14.4 Å². The van der Waals surface area contributed by atoms with E-state index in [2.05, 4.69) is 48.3 Å². The Balaban J connectivity index is 0.00000200. The van der Waals surface area contributed by atoms with E-state index in [1.807, 2.05) is 13.1 Å². The third kappa shape index (κ3) is 3.80. The maximum absolute atomic E-state index is 5.30. The van der Waals surface area contributed by atoms with E-state index in [4.69, 9.17) is 9.05 Å². The van der Waals surface area contributed by atoms with E-state index in [1.165, 1.54) is 0 Å². The quantitative estimate of drug-likeness (QED) is 0.935. The van der Waals surface area contributed by atoms with E-state index in [0.29, 0.717) is 29.9 Å². The molecule has 7 heteroatoms. The third-order valence-electron chi connectivity index (χ3n) is 2.92. The van der Waals surface area contributed by atoms with Crippen LogP contribution in [0.5, 0.6) is 0 Å². The van der Waals surface area contributed by atoms with Crippen molar-refractivity contribution in [3.05, 3.63) is 17.7 Å². The van der Waals surface area contributed by atoms with Crippen LogP contribution < -0.4 is 5.32 Å². The van der Waals surface area contributed by atoms with E-state index in [1.54, 1.807) is 0 Å². The molecule has 20 heavy (non-hydrogen) atoms. The number of halogens is 1. The van der Waals surface area contributed by atoms with Crippen molar-refractivity contribution < 1.29 is 9.05 Å². The van der Waals surface area contributed by atoms with E-state index in [-0.39, 0.29) is 17.8 Å². The summed E-state index contributed by atoms with van der Waals surface area (Å²) < 4.78 is 10.5. The van der Waals surface area contributed by atoms with Gasteiger partial charge in [0.05, 0.1) is 0 Å². The predicted octanol–water partition coefficient (Wildman–Crippen LogP) is 2.59. The standard InChI is InChI=1S/C13H20N4O2.ClH/c1-8(14-5)6-11-15-12(19-17-11)9-7-10(18-16-9)13(2,3)4;/h7-8,14H,6H2,1-5H3;1H. The second kappa shape index (κ2) is 6.37. The van der Waals surface area contributed by atoms with E-state index in [9.17, 15) is 0 Å². The highest BCUT2D eigenvalue weighted by atomic mass is 35.5. The molecule has 2 aromatic rings. The van der Waals surface area contributed by atoms with Crippen molar-refractivity contribution >= 4 is 12.4 Å². The first-order valence-electron chi connectivity index (χ1n) is 6.37. The van der Waals surface area contributed by atoms with E-state index in [0.717, 1.165) is 5.76 Å². The van der Waals surface area contributed by atoms with Gasteiger partial charge in [0.15, 0.2) is 11.5 Å². The average Bonchev–Trinajstić information content (AvgIpc) is 2.95. The van der Waals surface area contributed by atoms with Crippen LogP contribution in [0.1, 0.15) is 39.3 Å². The van der Waals surface area contributed by atoms with Gasteiger partial charge in [0.25, 0.3) is 5.89 Å². The Morgan fingerprint density at radius 1 is 1.25 bits per heavy atom. The monoisotopic (exact) mass is 300 g/mol. The summed E-state index contributed by atoms with van der Waals surface area (Å²) in [6.07, 6.45) is 0.712. The van der Waals surface area contributed by atoms with Gasteiger partial charge in [-0.1, -0.05) is 31.1 Å². The minimum absolute atomic E-state index is 0. The van der Waals surface area contributed by atoms with Gasteiger partial charge in [-0.15, -0.1) is 12.4 Å². The van der Waals surface area contributed by atoms with Crippen LogP contribution in [0.3, 0.4) is 0 Å². The Hall–Kier alpha value is -1.40.